The number of alkyl halides is 21. The molecule has 6 aliphatic carbocycles. The van der Waals surface area contributed by atoms with Crippen molar-refractivity contribution < 1.29 is 169 Å². The molecule has 0 saturated heterocycles. The molecule has 3 unspecified atom stereocenters. The summed E-state index contributed by atoms with van der Waals surface area (Å²) in [6, 6.07) is 0. The van der Waals surface area contributed by atoms with Crippen molar-refractivity contribution in [3.63, 3.8) is 0 Å². The summed E-state index contributed by atoms with van der Waals surface area (Å²) in [7, 11) is 0. The van der Waals surface area contributed by atoms with Crippen LogP contribution in [-0.4, -0.2) is 86.7 Å². The normalized spacial score (nSPS) is 32.8. The predicted molar refractivity (Wildman–Crippen MR) is 196 cm³/mol. The summed E-state index contributed by atoms with van der Waals surface area (Å²) < 4.78 is 271. The topological polar surface area (TPSA) is 112 Å². The first-order valence-electron chi connectivity index (χ1n) is 20.5. The van der Waals surface area contributed by atoms with Gasteiger partial charge in [-0.1, -0.05) is 62.3 Å². The minimum Gasteiger partial charge on any atom is -0.506 e. The zero-order valence-corrected chi connectivity index (χ0v) is 39.5. The van der Waals surface area contributed by atoms with Crippen molar-refractivity contribution in [1.29, 1.82) is 0 Å². The summed E-state index contributed by atoms with van der Waals surface area (Å²) >= 11 is 0. The van der Waals surface area contributed by atoms with Crippen molar-refractivity contribution in [2.75, 3.05) is 0 Å². The van der Waals surface area contributed by atoms with Gasteiger partial charge in [0.1, 0.15) is 0 Å². The number of carbonyl (C=O) groups is 3. The predicted octanol–water partition coefficient (Wildman–Crippen LogP) is 14.0. The van der Waals surface area contributed by atoms with Crippen LogP contribution >= 0.6 is 0 Å². The number of rotatable bonds is 6. The maximum atomic E-state index is 13.7. The molecule has 6 nitrogen and oxygen atoms in total. The van der Waals surface area contributed by atoms with E-state index in [2.05, 4.69) is 0 Å². The van der Waals surface area contributed by atoms with E-state index in [9.17, 15) is 122 Å². The molecule has 0 aromatic rings. The Bertz CT molecular complexity index is 2020. The van der Waals surface area contributed by atoms with Crippen LogP contribution in [0.3, 0.4) is 0 Å². The van der Waals surface area contributed by atoms with E-state index in [-0.39, 0.29) is 66.2 Å². The third kappa shape index (κ3) is 7.88. The zero-order chi connectivity index (χ0) is 54.7. The Hall–Kier alpha value is -2.32. The number of ketones is 3. The number of aliphatic hydroxyl groups excluding tert-OH is 3. The second kappa shape index (κ2) is 17.1. The van der Waals surface area contributed by atoms with E-state index in [1.54, 1.807) is 41.5 Å². The van der Waals surface area contributed by atoms with Gasteiger partial charge in [0.05, 0.1) is 0 Å². The molecule has 0 spiro atoms. The summed E-state index contributed by atoms with van der Waals surface area (Å²) in [5.41, 5.74) is -9.29. The van der Waals surface area contributed by atoms with Crippen LogP contribution in [0.15, 0.2) is 34.0 Å². The van der Waals surface area contributed by atoms with Crippen LogP contribution in [0.25, 0.3) is 0 Å². The number of hydrogen-bond acceptors (Lipinski definition) is 6. The molecule has 6 fully saturated rings. The number of hydrogen-bond donors (Lipinski definition) is 3. The maximum Gasteiger partial charge on any atom is 0.460 e. The van der Waals surface area contributed by atoms with Crippen LogP contribution in [0.2, 0.25) is 0 Å². The van der Waals surface area contributed by atoms with Crippen molar-refractivity contribution >= 4 is 17.3 Å². The van der Waals surface area contributed by atoms with E-state index < -0.39 is 156 Å². The molecular formula is C42H45F21O6Yb. The van der Waals surface area contributed by atoms with Crippen LogP contribution < -0.4 is 0 Å². The second-order valence-electron chi connectivity index (χ2n) is 20.6. The van der Waals surface area contributed by atoms with Crippen LogP contribution in [-0.2, 0) is 14.4 Å². The fourth-order valence-corrected chi connectivity index (χ4v) is 10.9. The Morgan fingerprint density at radius 3 is 0.643 bits per heavy atom. The van der Waals surface area contributed by atoms with E-state index in [1.165, 1.54) is 20.8 Å². The molecule has 0 aliphatic heterocycles. The monoisotopic (exact) mass is 1220 g/mol. The molecule has 6 saturated carbocycles. The van der Waals surface area contributed by atoms with Gasteiger partial charge in [-0.05, 0) is 72.5 Å². The first kappa shape index (κ1) is 62.0. The van der Waals surface area contributed by atoms with Gasteiger partial charge in [0.2, 0.25) is 0 Å². The molecule has 0 radical (unpaired) electrons. The second-order valence-corrected chi connectivity index (χ2v) is 20.6. The number of fused-ring (bicyclic) bond motifs is 6. The Morgan fingerprint density at radius 2 is 0.529 bits per heavy atom. The molecule has 0 aromatic carbocycles. The van der Waals surface area contributed by atoms with E-state index >= 15 is 0 Å². The summed E-state index contributed by atoms with van der Waals surface area (Å²) in [5.74, 6) is -50.5. The molecule has 0 heterocycles. The van der Waals surface area contributed by atoms with Gasteiger partial charge in [-0.15, -0.1) is 0 Å². The van der Waals surface area contributed by atoms with Gasteiger partial charge in [0.15, 0.2) is 34.6 Å². The molecule has 6 bridgehead atoms. The Kier molecular flexibility index (Phi) is 15.1. The van der Waals surface area contributed by atoms with E-state index in [0.29, 0.717) is 19.3 Å². The molecular weight excluding hydrogens is 1170 g/mol. The van der Waals surface area contributed by atoms with Gasteiger partial charge in [0.25, 0.3) is 0 Å². The number of allylic oxidation sites excluding steroid dienone is 6. The number of halogens is 21. The number of carbonyl (C=O) groups excluding carboxylic acids is 3. The maximum absolute atomic E-state index is 13.7. The van der Waals surface area contributed by atoms with Gasteiger partial charge in [0, 0.05) is 79.9 Å². The van der Waals surface area contributed by atoms with Gasteiger partial charge in [-0.2, -0.15) is 92.2 Å². The van der Waals surface area contributed by atoms with Crippen molar-refractivity contribution in [2.24, 2.45) is 50.2 Å². The number of aliphatic hydroxyl groups is 3. The largest absolute Gasteiger partial charge is 0.506 e. The fraction of sp³-hybridized carbons (Fsp3) is 0.786. The number of Topliss-reactive ketones (excluding diaryl/α,β-unsaturated/α-hetero) is 3. The molecule has 70 heavy (non-hydrogen) atoms. The van der Waals surface area contributed by atoms with Gasteiger partial charge >= 0.3 is 54.1 Å². The van der Waals surface area contributed by atoms with Crippen molar-refractivity contribution in [2.45, 2.75) is 155 Å². The van der Waals surface area contributed by atoms with E-state index in [4.69, 9.17) is 0 Å². The zero-order valence-electron chi connectivity index (χ0n) is 37.7. The van der Waals surface area contributed by atoms with Gasteiger partial charge in [-0.3, -0.25) is 14.4 Å². The van der Waals surface area contributed by atoms with Crippen LogP contribution in [0.5, 0.6) is 0 Å². The Balaban J connectivity index is 0.000000276. The SMILES string of the molecule is CC1(C)C2CC[C@@]1(C)C(=O)/C2=C(/O)C(F)(F)C(F)(F)C(F)(F)F.CC1(C)C2CC[C@@]1(C)C(=O)/C2=C(/O)C(F)(F)C(F)(F)C(F)(F)F.CC1(C)C2CC[C@@]1(C)C(=O)/C2=C(\O)C(F)(F)C(F)(F)C(F)(F)F.[Yb]. The molecule has 6 aliphatic rings. The van der Waals surface area contributed by atoms with Crippen LogP contribution in [0.4, 0.5) is 92.2 Å². The summed E-state index contributed by atoms with van der Waals surface area (Å²) in [4.78, 5) is 36.9. The molecule has 6 rings (SSSR count). The third-order valence-electron chi connectivity index (χ3n) is 16.9. The molecule has 28 heteroatoms. The first-order valence-corrected chi connectivity index (χ1v) is 20.5. The molecule has 410 valence electrons. The van der Waals surface area contributed by atoms with Gasteiger partial charge in [-0.25, -0.2) is 0 Å². The van der Waals surface area contributed by atoms with Crippen molar-refractivity contribution in [1.82, 2.24) is 0 Å². The van der Waals surface area contributed by atoms with Crippen LogP contribution in [0.1, 0.15) is 101 Å². The molecule has 3 N–H and O–H groups in total. The minimum atomic E-state index is -6.56. The molecule has 0 amide bonds. The average molecular weight is 1220 g/mol. The molecule has 6 atom stereocenters. The standard InChI is InChI=1S/3C14H15F7O2.Yb/c3*1-10(2)6-4-5-11(10,3)8(22)7(6)9(23)12(15,16)13(17,18)14(19,20)21;/h3*6,23H,4-5H2,1-3H3;/b2*9-7+;9-7-;/t3*6?,11-;/m000./s1. The van der Waals surface area contributed by atoms with Crippen molar-refractivity contribution in [3.05, 3.63) is 34.0 Å². The summed E-state index contributed by atoms with van der Waals surface area (Å²) in [6.45, 7) is 13.6. The summed E-state index contributed by atoms with van der Waals surface area (Å²) in [6.07, 6.45) is -18.3. The fourth-order valence-electron chi connectivity index (χ4n) is 10.9. The third-order valence-corrected chi connectivity index (χ3v) is 16.9. The quantitative estimate of drug-likeness (QED) is 0.139. The average Bonchev–Trinajstić information content (AvgIpc) is 3.79. The minimum absolute atomic E-state index is 0. The van der Waals surface area contributed by atoms with Gasteiger partial charge < -0.3 is 15.3 Å². The Labute approximate surface area is 423 Å². The van der Waals surface area contributed by atoms with Crippen molar-refractivity contribution in [3.8, 4) is 0 Å². The van der Waals surface area contributed by atoms with E-state index in [1.807, 2.05) is 0 Å². The summed E-state index contributed by atoms with van der Waals surface area (Å²) in [5, 5.41) is 28.6. The first-order chi connectivity index (χ1) is 30.1. The van der Waals surface area contributed by atoms with Crippen LogP contribution in [0, 0.1) is 97.2 Å². The Morgan fingerprint density at radius 1 is 0.371 bits per heavy atom. The molecule has 0 aromatic heterocycles. The smallest absolute Gasteiger partial charge is 0.460 e. The van der Waals surface area contributed by atoms with E-state index in [0.717, 1.165) is 0 Å².